The van der Waals surface area contributed by atoms with Gasteiger partial charge in [0.2, 0.25) is 5.91 Å². The van der Waals surface area contributed by atoms with E-state index in [0.29, 0.717) is 12.5 Å². The summed E-state index contributed by atoms with van der Waals surface area (Å²) in [5.41, 5.74) is 0. The van der Waals surface area contributed by atoms with Gasteiger partial charge in [-0.3, -0.25) is 4.79 Å². The van der Waals surface area contributed by atoms with Crippen LogP contribution in [-0.4, -0.2) is 28.3 Å². The van der Waals surface area contributed by atoms with E-state index in [1.165, 1.54) is 12.8 Å². The monoisotopic (exact) mass is 236 g/mol. The number of amides is 1. The molecule has 0 aliphatic heterocycles. The molecular formula is C12H20N4O. The highest BCUT2D eigenvalue weighted by atomic mass is 16.1. The highest BCUT2D eigenvalue weighted by molar-refractivity contribution is 5.89. The molecule has 0 saturated heterocycles. The van der Waals surface area contributed by atoms with Crippen LogP contribution in [0.1, 0.15) is 39.2 Å². The largest absolute Gasteiger partial charge is 0.313 e. The summed E-state index contributed by atoms with van der Waals surface area (Å²) >= 11 is 0. The Morgan fingerprint density at radius 1 is 1.59 bits per heavy atom. The van der Waals surface area contributed by atoms with Gasteiger partial charge < -0.3 is 10.6 Å². The molecule has 0 radical (unpaired) electrons. The highest BCUT2D eigenvalue weighted by Crippen LogP contribution is 2.18. The van der Waals surface area contributed by atoms with E-state index in [4.69, 9.17) is 0 Å². The topological polar surface area (TPSA) is 59.0 Å². The fraction of sp³-hybridized carbons (Fsp3) is 0.667. The highest BCUT2D eigenvalue weighted by Gasteiger charge is 2.20. The van der Waals surface area contributed by atoms with Gasteiger partial charge in [-0.25, -0.2) is 4.68 Å². The van der Waals surface area contributed by atoms with Crippen LogP contribution in [0.2, 0.25) is 0 Å². The average molecular weight is 236 g/mol. The number of nitrogens with one attached hydrogen (secondary N) is 2. The van der Waals surface area contributed by atoms with Crippen LogP contribution in [0.15, 0.2) is 12.3 Å². The second-order valence-corrected chi connectivity index (χ2v) is 4.78. The van der Waals surface area contributed by atoms with E-state index < -0.39 is 0 Å². The molecule has 0 bridgehead atoms. The SMILES string of the molecule is CC(C)n1nccc1NC(=O)CCNC1CC1. The third-order valence-corrected chi connectivity index (χ3v) is 2.79. The molecular weight excluding hydrogens is 216 g/mol. The Labute approximate surface area is 102 Å². The third kappa shape index (κ3) is 3.56. The predicted molar refractivity (Wildman–Crippen MR) is 66.9 cm³/mol. The first-order chi connectivity index (χ1) is 8.16. The molecule has 0 unspecified atom stereocenters. The Balaban J connectivity index is 1.77. The van der Waals surface area contributed by atoms with Gasteiger partial charge in [0.1, 0.15) is 5.82 Å². The Morgan fingerprint density at radius 2 is 2.35 bits per heavy atom. The Bertz CT molecular complexity index is 382. The summed E-state index contributed by atoms with van der Waals surface area (Å²) in [6.45, 7) is 4.83. The van der Waals surface area contributed by atoms with Crippen LogP contribution in [-0.2, 0) is 4.79 Å². The molecule has 0 atom stereocenters. The van der Waals surface area contributed by atoms with E-state index in [2.05, 4.69) is 15.7 Å². The maximum atomic E-state index is 11.7. The van der Waals surface area contributed by atoms with Gasteiger partial charge in [-0.1, -0.05) is 0 Å². The first-order valence-electron chi connectivity index (χ1n) is 6.23. The first kappa shape index (κ1) is 12.1. The summed E-state index contributed by atoms with van der Waals surface area (Å²) in [6.07, 6.45) is 4.72. The van der Waals surface area contributed by atoms with Crippen molar-refractivity contribution >= 4 is 11.7 Å². The molecule has 0 spiro atoms. The minimum atomic E-state index is 0.0422. The molecule has 94 valence electrons. The van der Waals surface area contributed by atoms with Crippen LogP contribution in [0.4, 0.5) is 5.82 Å². The van der Waals surface area contributed by atoms with Crippen molar-refractivity contribution in [2.24, 2.45) is 0 Å². The lowest BCUT2D eigenvalue weighted by atomic mass is 10.3. The zero-order valence-corrected chi connectivity index (χ0v) is 10.4. The van der Waals surface area contributed by atoms with E-state index in [-0.39, 0.29) is 11.9 Å². The van der Waals surface area contributed by atoms with E-state index >= 15 is 0 Å². The van der Waals surface area contributed by atoms with Gasteiger partial charge >= 0.3 is 0 Å². The normalized spacial score (nSPS) is 15.2. The van der Waals surface area contributed by atoms with Crippen molar-refractivity contribution in [3.05, 3.63) is 12.3 Å². The van der Waals surface area contributed by atoms with Crippen LogP contribution in [0.25, 0.3) is 0 Å². The number of aromatic nitrogens is 2. The molecule has 17 heavy (non-hydrogen) atoms. The number of rotatable bonds is 6. The molecule has 1 aliphatic carbocycles. The summed E-state index contributed by atoms with van der Waals surface area (Å²) in [5.74, 6) is 0.817. The van der Waals surface area contributed by atoms with E-state index in [0.717, 1.165) is 12.4 Å². The number of carbonyl (C=O) groups is 1. The maximum absolute atomic E-state index is 11.7. The van der Waals surface area contributed by atoms with Crippen molar-refractivity contribution < 1.29 is 4.79 Å². The van der Waals surface area contributed by atoms with Gasteiger partial charge in [0, 0.05) is 31.1 Å². The van der Waals surface area contributed by atoms with Gasteiger partial charge in [0.15, 0.2) is 0 Å². The van der Waals surface area contributed by atoms with Crippen molar-refractivity contribution in [3.8, 4) is 0 Å². The fourth-order valence-corrected chi connectivity index (χ4v) is 1.71. The smallest absolute Gasteiger partial charge is 0.226 e. The zero-order valence-electron chi connectivity index (χ0n) is 10.4. The van der Waals surface area contributed by atoms with E-state index in [1.54, 1.807) is 6.20 Å². The van der Waals surface area contributed by atoms with Gasteiger partial charge in [-0.2, -0.15) is 5.10 Å². The molecule has 1 fully saturated rings. The van der Waals surface area contributed by atoms with Crippen LogP contribution >= 0.6 is 0 Å². The quantitative estimate of drug-likeness (QED) is 0.787. The second kappa shape index (κ2) is 5.31. The van der Waals surface area contributed by atoms with Gasteiger partial charge in [0.25, 0.3) is 0 Å². The summed E-state index contributed by atoms with van der Waals surface area (Å²) in [5, 5.41) is 10.4. The molecule has 2 rings (SSSR count). The number of hydrogen-bond donors (Lipinski definition) is 2. The Kier molecular flexibility index (Phi) is 3.78. The number of hydrogen-bond acceptors (Lipinski definition) is 3. The van der Waals surface area contributed by atoms with Crippen molar-refractivity contribution in [2.45, 2.75) is 45.2 Å². The number of anilines is 1. The number of carbonyl (C=O) groups excluding carboxylic acids is 1. The average Bonchev–Trinajstić information content (AvgIpc) is 2.96. The molecule has 1 saturated carbocycles. The first-order valence-corrected chi connectivity index (χ1v) is 6.23. The van der Waals surface area contributed by atoms with Crippen LogP contribution in [0.5, 0.6) is 0 Å². The summed E-state index contributed by atoms with van der Waals surface area (Å²) < 4.78 is 1.81. The van der Waals surface area contributed by atoms with Gasteiger partial charge in [-0.05, 0) is 26.7 Å². The van der Waals surface area contributed by atoms with Crippen molar-refractivity contribution in [3.63, 3.8) is 0 Å². The second-order valence-electron chi connectivity index (χ2n) is 4.78. The standard InChI is InChI=1S/C12H20N4O/c1-9(2)16-11(5-8-14-16)15-12(17)6-7-13-10-3-4-10/h5,8-10,13H,3-4,6-7H2,1-2H3,(H,15,17). The molecule has 0 aromatic carbocycles. The van der Waals surface area contributed by atoms with Crippen LogP contribution < -0.4 is 10.6 Å². The van der Waals surface area contributed by atoms with E-state index in [9.17, 15) is 4.79 Å². The minimum Gasteiger partial charge on any atom is -0.313 e. The van der Waals surface area contributed by atoms with Crippen molar-refractivity contribution in [1.82, 2.24) is 15.1 Å². The van der Waals surface area contributed by atoms with Crippen molar-refractivity contribution in [1.29, 1.82) is 0 Å². The van der Waals surface area contributed by atoms with Crippen molar-refractivity contribution in [2.75, 3.05) is 11.9 Å². The van der Waals surface area contributed by atoms with E-state index in [1.807, 2.05) is 24.6 Å². The van der Waals surface area contributed by atoms with Crippen LogP contribution in [0.3, 0.4) is 0 Å². The maximum Gasteiger partial charge on any atom is 0.226 e. The Hall–Kier alpha value is -1.36. The Morgan fingerprint density at radius 3 is 3.00 bits per heavy atom. The summed E-state index contributed by atoms with van der Waals surface area (Å²) in [4.78, 5) is 11.7. The molecule has 5 heteroatoms. The third-order valence-electron chi connectivity index (χ3n) is 2.79. The molecule has 1 heterocycles. The lowest BCUT2D eigenvalue weighted by Gasteiger charge is -2.11. The molecule has 1 aromatic rings. The molecule has 1 aliphatic rings. The predicted octanol–water partition coefficient (Wildman–Crippen LogP) is 1.54. The number of nitrogens with zero attached hydrogens (tertiary/aromatic N) is 2. The zero-order chi connectivity index (χ0) is 12.3. The van der Waals surface area contributed by atoms with Crippen LogP contribution in [0, 0.1) is 0 Å². The summed E-state index contributed by atoms with van der Waals surface area (Å²) in [6, 6.07) is 2.74. The lowest BCUT2D eigenvalue weighted by Crippen LogP contribution is -2.24. The lowest BCUT2D eigenvalue weighted by molar-refractivity contribution is -0.116. The molecule has 5 nitrogen and oxygen atoms in total. The summed E-state index contributed by atoms with van der Waals surface area (Å²) in [7, 11) is 0. The minimum absolute atomic E-state index is 0.0422. The molecule has 2 N–H and O–H groups in total. The molecule has 1 aromatic heterocycles. The molecule has 1 amide bonds. The fourth-order valence-electron chi connectivity index (χ4n) is 1.71. The van der Waals surface area contributed by atoms with Gasteiger partial charge in [0.05, 0.1) is 6.20 Å². The van der Waals surface area contributed by atoms with Gasteiger partial charge in [-0.15, -0.1) is 0 Å².